The molecular weight excluding hydrogens is 669 g/mol. The normalized spacial score (nSPS) is 13.0. The number of anilines is 1. The second-order valence-electron chi connectivity index (χ2n) is 9.31. The Hall–Kier alpha value is -4.06. The predicted molar refractivity (Wildman–Crippen MR) is 158 cm³/mol. The molecule has 1 aliphatic rings. The maximum absolute atomic E-state index is 13.2. The molecule has 4 aromatic rings. The molecule has 3 N–H and O–H groups in total. The van der Waals surface area contributed by atoms with E-state index in [9.17, 15) is 34.8 Å². The van der Waals surface area contributed by atoms with E-state index >= 15 is 0 Å². The van der Waals surface area contributed by atoms with Crippen LogP contribution < -0.4 is 29.6 Å². The van der Waals surface area contributed by atoms with Crippen molar-refractivity contribution in [2.75, 3.05) is 25.2 Å². The first-order valence-electron chi connectivity index (χ1n) is 12.8. The van der Waals surface area contributed by atoms with Gasteiger partial charge in [0.25, 0.3) is 10.0 Å². The highest BCUT2D eigenvalue weighted by molar-refractivity contribution is 7.91. The van der Waals surface area contributed by atoms with Crippen LogP contribution in [-0.4, -0.2) is 33.4 Å². The average molecular weight is 690 g/mol. The summed E-state index contributed by atoms with van der Waals surface area (Å²) in [5.41, 5.74) is -2.69. The zero-order valence-electron chi connectivity index (χ0n) is 22.6. The lowest BCUT2D eigenvalue weighted by atomic mass is 10.1. The van der Waals surface area contributed by atoms with Crippen LogP contribution in [0.4, 0.5) is 32.0 Å². The SMILES string of the molecule is O=S(=O)(NCCNC(=S)Nc1cc(C(F)(F)F)cc(C(F)(F)F)c1)c1sccc1-c1ccccc1Oc1ccc2c(c1)OCO2. The highest BCUT2D eigenvalue weighted by atomic mass is 32.2. The maximum Gasteiger partial charge on any atom is 0.416 e. The first-order chi connectivity index (χ1) is 21.2. The van der Waals surface area contributed by atoms with Crippen molar-refractivity contribution < 1.29 is 49.0 Å². The van der Waals surface area contributed by atoms with Gasteiger partial charge in [0.05, 0.1) is 11.1 Å². The molecule has 1 aromatic heterocycles. The Morgan fingerprint density at radius 1 is 0.867 bits per heavy atom. The molecule has 0 spiro atoms. The molecule has 2 heterocycles. The minimum atomic E-state index is -5.02. The number of ether oxygens (including phenoxy) is 3. The van der Waals surface area contributed by atoms with Crippen LogP contribution >= 0.6 is 23.6 Å². The monoisotopic (exact) mass is 689 g/mol. The molecule has 0 unspecified atom stereocenters. The van der Waals surface area contributed by atoms with Gasteiger partial charge in [-0.3, -0.25) is 0 Å². The number of fused-ring (bicyclic) bond motifs is 1. The molecule has 3 aromatic carbocycles. The van der Waals surface area contributed by atoms with Crippen molar-refractivity contribution in [3.05, 3.63) is 83.2 Å². The van der Waals surface area contributed by atoms with Gasteiger partial charge < -0.3 is 24.8 Å². The van der Waals surface area contributed by atoms with Gasteiger partial charge in [0.2, 0.25) is 6.79 Å². The van der Waals surface area contributed by atoms with E-state index < -0.39 is 39.2 Å². The van der Waals surface area contributed by atoms with E-state index in [1.807, 2.05) is 0 Å². The van der Waals surface area contributed by atoms with Gasteiger partial charge in [-0.25, -0.2) is 13.1 Å². The van der Waals surface area contributed by atoms with Gasteiger partial charge in [0, 0.05) is 36.0 Å². The fraction of sp³-hybridized carbons (Fsp3) is 0.179. The smallest absolute Gasteiger partial charge is 0.416 e. The number of thiophene rings is 1. The van der Waals surface area contributed by atoms with E-state index in [0.717, 1.165) is 11.3 Å². The van der Waals surface area contributed by atoms with Crippen LogP contribution in [0.3, 0.4) is 0 Å². The van der Waals surface area contributed by atoms with Crippen LogP contribution in [0.1, 0.15) is 11.1 Å². The first kappa shape index (κ1) is 32.3. The topological polar surface area (TPSA) is 97.9 Å². The second-order valence-corrected chi connectivity index (χ2v) is 12.6. The fourth-order valence-electron chi connectivity index (χ4n) is 4.18. The average Bonchev–Trinajstić information content (AvgIpc) is 3.65. The number of nitrogens with one attached hydrogen (secondary N) is 3. The van der Waals surface area contributed by atoms with Crippen molar-refractivity contribution in [3.63, 3.8) is 0 Å². The van der Waals surface area contributed by atoms with Crippen molar-refractivity contribution in [1.82, 2.24) is 10.0 Å². The largest absolute Gasteiger partial charge is 0.457 e. The van der Waals surface area contributed by atoms with E-state index in [1.165, 1.54) is 0 Å². The second kappa shape index (κ2) is 12.7. The summed E-state index contributed by atoms with van der Waals surface area (Å²) in [6.07, 6.45) is -10.0. The molecule has 238 valence electrons. The van der Waals surface area contributed by atoms with Crippen LogP contribution in [0.5, 0.6) is 23.0 Å². The molecule has 0 fully saturated rings. The molecular formula is C28H21F6N3O5S3. The number of hydrogen-bond donors (Lipinski definition) is 3. The number of sulfonamides is 1. The number of para-hydroxylation sites is 1. The fourth-order valence-corrected chi connectivity index (χ4v) is 6.85. The molecule has 0 aliphatic carbocycles. The molecule has 17 heteroatoms. The minimum Gasteiger partial charge on any atom is -0.457 e. The summed E-state index contributed by atoms with van der Waals surface area (Å²) in [4.78, 5) is 0. The van der Waals surface area contributed by atoms with Crippen molar-refractivity contribution in [2.45, 2.75) is 16.6 Å². The third-order valence-electron chi connectivity index (χ3n) is 6.17. The summed E-state index contributed by atoms with van der Waals surface area (Å²) in [6.45, 7) is -0.261. The number of hydrogen-bond acceptors (Lipinski definition) is 7. The van der Waals surface area contributed by atoms with Gasteiger partial charge in [-0.15, -0.1) is 11.3 Å². The van der Waals surface area contributed by atoms with Gasteiger partial charge in [-0.05, 0) is 60.1 Å². The van der Waals surface area contributed by atoms with Crippen molar-refractivity contribution in [1.29, 1.82) is 0 Å². The van der Waals surface area contributed by atoms with Crippen LogP contribution in [-0.2, 0) is 22.4 Å². The summed E-state index contributed by atoms with van der Waals surface area (Å²) in [5.74, 6) is 1.91. The van der Waals surface area contributed by atoms with E-state index in [0.29, 0.717) is 46.3 Å². The third kappa shape index (κ3) is 7.78. The van der Waals surface area contributed by atoms with E-state index in [1.54, 1.807) is 53.9 Å². The van der Waals surface area contributed by atoms with Crippen LogP contribution in [0.2, 0.25) is 0 Å². The Kier molecular flexibility index (Phi) is 9.16. The lowest BCUT2D eigenvalue weighted by molar-refractivity contribution is -0.143. The van der Waals surface area contributed by atoms with E-state index in [2.05, 4.69) is 15.4 Å². The van der Waals surface area contributed by atoms with Crippen LogP contribution in [0.15, 0.2) is 76.3 Å². The molecule has 0 radical (unpaired) electrons. The lowest BCUT2D eigenvalue weighted by Gasteiger charge is -2.16. The Balaban J connectivity index is 1.23. The quantitative estimate of drug-likeness (QED) is 0.0962. The Morgan fingerprint density at radius 2 is 1.56 bits per heavy atom. The first-order valence-corrected chi connectivity index (χ1v) is 15.6. The molecule has 0 atom stereocenters. The Bertz CT molecular complexity index is 1790. The molecule has 0 bridgehead atoms. The van der Waals surface area contributed by atoms with E-state index in [4.69, 9.17) is 26.4 Å². The zero-order valence-corrected chi connectivity index (χ0v) is 25.0. The predicted octanol–water partition coefficient (Wildman–Crippen LogP) is 7.24. The summed E-state index contributed by atoms with van der Waals surface area (Å²) in [5, 5.41) is 6.13. The standard InChI is InChI=1S/C28H21F6N3O5S3/c29-27(30,31)16-11-17(28(32,33)34)13-18(12-16)37-26(43)35-8-9-36-45(38,39)25-21(7-10-44-25)20-3-1-2-4-22(20)42-19-5-6-23-24(14-19)41-15-40-23/h1-7,10-14,36H,8-9,15H2,(H2,35,37,43). The van der Waals surface area contributed by atoms with Crippen molar-refractivity contribution >= 4 is 44.4 Å². The maximum atomic E-state index is 13.2. The number of thiocarbonyl (C=S) groups is 1. The van der Waals surface area contributed by atoms with Gasteiger partial charge in [0.1, 0.15) is 15.7 Å². The van der Waals surface area contributed by atoms with Crippen molar-refractivity contribution in [3.8, 4) is 34.1 Å². The number of halogens is 6. The Labute approximate surface area is 262 Å². The highest BCUT2D eigenvalue weighted by Gasteiger charge is 2.37. The van der Waals surface area contributed by atoms with Crippen molar-refractivity contribution in [2.24, 2.45) is 0 Å². The summed E-state index contributed by atoms with van der Waals surface area (Å²) >= 11 is 5.96. The molecule has 0 saturated carbocycles. The van der Waals surface area contributed by atoms with Gasteiger partial charge in [0.15, 0.2) is 16.6 Å². The summed E-state index contributed by atoms with van der Waals surface area (Å²) in [7, 11) is -4.07. The third-order valence-corrected chi connectivity index (χ3v) is 9.36. The van der Waals surface area contributed by atoms with Crippen LogP contribution in [0.25, 0.3) is 11.1 Å². The summed E-state index contributed by atoms with van der Waals surface area (Å²) in [6, 6.07) is 14.5. The summed E-state index contributed by atoms with van der Waals surface area (Å²) < 4.78 is 124. The van der Waals surface area contributed by atoms with Gasteiger partial charge in [-0.1, -0.05) is 18.2 Å². The van der Waals surface area contributed by atoms with Gasteiger partial charge >= 0.3 is 12.4 Å². The lowest BCUT2D eigenvalue weighted by Crippen LogP contribution is -2.36. The van der Waals surface area contributed by atoms with Gasteiger partial charge in [-0.2, -0.15) is 26.3 Å². The number of alkyl halides is 6. The molecule has 5 rings (SSSR count). The number of rotatable bonds is 9. The van der Waals surface area contributed by atoms with E-state index in [-0.39, 0.29) is 35.3 Å². The molecule has 0 amide bonds. The zero-order chi connectivity index (χ0) is 32.4. The molecule has 0 saturated heterocycles. The molecule has 45 heavy (non-hydrogen) atoms. The number of benzene rings is 3. The minimum absolute atomic E-state index is 0.00281. The molecule has 1 aliphatic heterocycles. The Morgan fingerprint density at radius 3 is 2.27 bits per heavy atom. The van der Waals surface area contributed by atoms with Crippen LogP contribution in [0, 0.1) is 0 Å². The highest BCUT2D eigenvalue weighted by Crippen LogP contribution is 2.42. The molecule has 8 nitrogen and oxygen atoms in total.